The Morgan fingerprint density at radius 1 is 0.944 bits per heavy atom. The molecular formula is C25H32N6O5. The first-order valence-electron chi connectivity index (χ1n) is 11.8. The van der Waals surface area contributed by atoms with Gasteiger partial charge in [0.1, 0.15) is 30.0 Å². The van der Waals surface area contributed by atoms with Crippen molar-refractivity contribution < 1.29 is 24.1 Å². The predicted molar refractivity (Wildman–Crippen MR) is 134 cm³/mol. The van der Waals surface area contributed by atoms with E-state index in [1.165, 1.54) is 5.56 Å². The molecule has 1 fully saturated rings. The van der Waals surface area contributed by atoms with Gasteiger partial charge in [0.25, 0.3) is 0 Å². The lowest BCUT2D eigenvalue weighted by atomic mass is 10.00. The number of nitrogens with one attached hydrogen (secondary N) is 2. The van der Waals surface area contributed by atoms with E-state index in [9.17, 15) is 4.79 Å². The molecule has 2 aliphatic rings. The minimum absolute atomic E-state index is 0.0277. The van der Waals surface area contributed by atoms with E-state index in [2.05, 4.69) is 0 Å². The summed E-state index contributed by atoms with van der Waals surface area (Å²) in [6.07, 6.45) is 2.25. The Morgan fingerprint density at radius 2 is 1.67 bits per heavy atom. The summed E-state index contributed by atoms with van der Waals surface area (Å²) < 4.78 is 17.7. The lowest BCUT2D eigenvalue weighted by Gasteiger charge is -2.32. The summed E-state index contributed by atoms with van der Waals surface area (Å²) in [7, 11) is 0. The van der Waals surface area contributed by atoms with E-state index < -0.39 is 12.6 Å². The van der Waals surface area contributed by atoms with Crippen LogP contribution in [0.4, 0.5) is 0 Å². The summed E-state index contributed by atoms with van der Waals surface area (Å²) in [6.45, 7) is 2.29. The van der Waals surface area contributed by atoms with Crippen LogP contribution in [0.5, 0.6) is 17.2 Å². The molecular weight excluding hydrogens is 464 g/mol. The number of nitrogens with two attached hydrogens (primary N) is 2. The van der Waals surface area contributed by atoms with Crippen molar-refractivity contribution in [3.05, 3.63) is 53.1 Å². The molecule has 2 heterocycles. The van der Waals surface area contributed by atoms with Gasteiger partial charge in [-0.1, -0.05) is 6.07 Å². The highest BCUT2D eigenvalue weighted by atomic mass is 16.5. The Morgan fingerprint density at radius 3 is 2.36 bits per heavy atom. The van der Waals surface area contributed by atoms with Crippen LogP contribution in [0.15, 0.2) is 36.4 Å². The zero-order chi connectivity index (χ0) is 25.7. The standard InChI is InChI=1S/C25H32N6O5/c26-24(27)30-9-6-19(7-10-30)36-21-4-2-17(22(12-21)35-15-23(32)33)14-34-20-3-1-16-5-8-31(25(28)29)13-18(16)11-20/h1-4,11-12,19H,5-10,13-15H2,(H3,26,27)(H3,28,29)(H,32,33). The molecule has 0 saturated carbocycles. The fourth-order valence-corrected chi connectivity index (χ4v) is 4.40. The highest BCUT2D eigenvalue weighted by molar-refractivity contribution is 5.75. The van der Waals surface area contributed by atoms with Gasteiger partial charge in [-0.2, -0.15) is 0 Å². The van der Waals surface area contributed by atoms with Gasteiger partial charge in [0.15, 0.2) is 18.5 Å². The number of aliphatic carboxylic acids is 1. The van der Waals surface area contributed by atoms with E-state index in [0.29, 0.717) is 42.4 Å². The first-order chi connectivity index (χ1) is 17.3. The predicted octanol–water partition coefficient (Wildman–Crippen LogP) is 1.72. The van der Waals surface area contributed by atoms with Crippen LogP contribution in [-0.4, -0.2) is 65.1 Å². The van der Waals surface area contributed by atoms with Gasteiger partial charge in [-0.05, 0) is 41.8 Å². The third kappa shape index (κ3) is 6.29. The minimum Gasteiger partial charge on any atom is -0.490 e. The number of benzene rings is 2. The molecule has 0 spiro atoms. The first-order valence-corrected chi connectivity index (χ1v) is 11.8. The molecule has 0 radical (unpaired) electrons. The summed E-state index contributed by atoms with van der Waals surface area (Å²) in [4.78, 5) is 14.7. The van der Waals surface area contributed by atoms with Crippen LogP contribution in [0.1, 0.15) is 29.5 Å². The van der Waals surface area contributed by atoms with Crippen molar-refractivity contribution in [1.82, 2.24) is 9.80 Å². The van der Waals surface area contributed by atoms with Crippen molar-refractivity contribution in [2.75, 3.05) is 26.2 Å². The summed E-state index contributed by atoms with van der Waals surface area (Å²) in [5, 5.41) is 24.3. The van der Waals surface area contributed by atoms with Crippen molar-refractivity contribution in [3.63, 3.8) is 0 Å². The molecule has 11 heteroatoms. The minimum atomic E-state index is -1.07. The Balaban J connectivity index is 1.43. The average Bonchev–Trinajstić information content (AvgIpc) is 2.86. The quantitative estimate of drug-likeness (QED) is 0.269. The molecule has 0 bridgehead atoms. The Hall–Kier alpha value is -4.15. The lowest BCUT2D eigenvalue weighted by molar-refractivity contribution is -0.139. The van der Waals surface area contributed by atoms with Crippen LogP contribution in [0, 0.1) is 10.8 Å². The molecule has 11 nitrogen and oxygen atoms in total. The Labute approximate surface area is 209 Å². The summed E-state index contributed by atoms with van der Waals surface area (Å²) in [6, 6.07) is 11.2. The fourth-order valence-electron chi connectivity index (χ4n) is 4.40. The second kappa shape index (κ2) is 11.1. The average molecular weight is 497 g/mol. The molecule has 0 unspecified atom stereocenters. The third-order valence-corrected chi connectivity index (χ3v) is 6.40. The van der Waals surface area contributed by atoms with E-state index in [4.69, 9.17) is 41.6 Å². The molecule has 7 N–H and O–H groups in total. The number of guanidine groups is 2. The number of carboxylic acids is 1. The largest absolute Gasteiger partial charge is 0.490 e. The number of nitrogens with zero attached hydrogens (tertiary/aromatic N) is 2. The van der Waals surface area contributed by atoms with Gasteiger partial charge in [0.05, 0.1) is 0 Å². The van der Waals surface area contributed by atoms with Gasteiger partial charge < -0.3 is 40.6 Å². The molecule has 0 aromatic heterocycles. The third-order valence-electron chi connectivity index (χ3n) is 6.40. The van der Waals surface area contributed by atoms with E-state index >= 15 is 0 Å². The van der Waals surface area contributed by atoms with Crippen LogP contribution in [0.3, 0.4) is 0 Å². The maximum Gasteiger partial charge on any atom is 0.341 e. The fraction of sp³-hybridized carbons (Fsp3) is 0.400. The van der Waals surface area contributed by atoms with Crippen molar-refractivity contribution in [1.29, 1.82) is 10.8 Å². The van der Waals surface area contributed by atoms with Crippen LogP contribution in [-0.2, 0) is 24.4 Å². The summed E-state index contributed by atoms with van der Waals surface area (Å²) >= 11 is 0. The topological polar surface area (TPSA) is 171 Å². The van der Waals surface area contributed by atoms with Crippen LogP contribution >= 0.6 is 0 Å². The number of fused-ring (bicyclic) bond motifs is 1. The number of rotatable bonds is 8. The van der Waals surface area contributed by atoms with Gasteiger partial charge in [-0.3, -0.25) is 10.8 Å². The second-order valence-electron chi connectivity index (χ2n) is 8.92. The zero-order valence-electron chi connectivity index (χ0n) is 20.0. The number of carboxylic acid groups (broad SMARTS) is 1. The van der Waals surface area contributed by atoms with Crippen molar-refractivity contribution in [3.8, 4) is 17.2 Å². The van der Waals surface area contributed by atoms with Gasteiger partial charge in [0.2, 0.25) is 0 Å². The molecule has 2 aromatic rings. The van der Waals surface area contributed by atoms with E-state index in [-0.39, 0.29) is 24.6 Å². The van der Waals surface area contributed by atoms with E-state index in [1.807, 2.05) is 35.2 Å². The summed E-state index contributed by atoms with van der Waals surface area (Å²) in [5.74, 6) is 0.682. The van der Waals surface area contributed by atoms with Gasteiger partial charge in [-0.15, -0.1) is 0 Å². The Kier molecular flexibility index (Phi) is 7.67. The van der Waals surface area contributed by atoms with Gasteiger partial charge in [-0.25, -0.2) is 4.79 Å². The van der Waals surface area contributed by atoms with Crippen LogP contribution < -0.4 is 25.7 Å². The van der Waals surface area contributed by atoms with Crippen molar-refractivity contribution in [2.24, 2.45) is 11.5 Å². The number of ether oxygens (including phenoxy) is 3. The molecule has 4 rings (SSSR count). The monoisotopic (exact) mass is 496 g/mol. The lowest BCUT2D eigenvalue weighted by Crippen LogP contribution is -2.44. The highest BCUT2D eigenvalue weighted by Crippen LogP contribution is 2.30. The van der Waals surface area contributed by atoms with Gasteiger partial charge >= 0.3 is 5.97 Å². The molecule has 2 aliphatic heterocycles. The normalized spacial score (nSPS) is 15.7. The molecule has 1 saturated heterocycles. The van der Waals surface area contributed by atoms with Crippen LogP contribution in [0.25, 0.3) is 0 Å². The summed E-state index contributed by atoms with van der Waals surface area (Å²) in [5.41, 5.74) is 14.2. The van der Waals surface area contributed by atoms with Crippen molar-refractivity contribution in [2.45, 2.75) is 38.5 Å². The number of piperidine rings is 1. The highest BCUT2D eigenvalue weighted by Gasteiger charge is 2.22. The number of carbonyl (C=O) groups is 1. The van der Waals surface area contributed by atoms with E-state index in [0.717, 1.165) is 31.4 Å². The molecule has 2 aromatic carbocycles. The molecule has 0 amide bonds. The van der Waals surface area contributed by atoms with Crippen molar-refractivity contribution >= 4 is 17.9 Å². The number of likely N-dealkylation sites (tertiary alicyclic amines) is 1. The van der Waals surface area contributed by atoms with Gasteiger partial charge in [0, 0.05) is 50.7 Å². The number of hydrogen-bond acceptors (Lipinski definition) is 6. The molecule has 0 aliphatic carbocycles. The molecule has 192 valence electrons. The number of hydrogen-bond donors (Lipinski definition) is 5. The maximum absolute atomic E-state index is 11.1. The zero-order valence-corrected chi connectivity index (χ0v) is 20.0. The smallest absolute Gasteiger partial charge is 0.341 e. The molecule has 0 atom stereocenters. The molecule has 36 heavy (non-hydrogen) atoms. The SMILES string of the molecule is N=C(N)N1CCC(Oc2ccc(COc3ccc4c(c3)CN(C(=N)N)CC4)c(OCC(=O)O)c2)CC1. The van der Waals surface area contributed by atoms with E-state index in [1.54, 1.807) is 11.0 Å². The second-order valence-corrected chi connectivity index (χ2v) is 8.92. The maximum atomic E-state index is 11.1. The van der Waals surface area contributed by atoms with Crippen LogP contribution in [0.2, 0.25) is 0 Å². The first kappa shape index (κ1) is 25.0. The Bertz CT molecular complexity index is 1130.